The maximum absolute atomic E-state index is 12.5. The normalized spacial score (nSPS) is 11.8. The van der Waals surface area contributed by atoms with E-state index in [9.17, 15) is 9.59 Å². The van der Waals surface area contributed by atoms with Crippen molar-refractivity contribution in [2.45, 2.75) is 26.8 Å². The van der Waals surface area contributed by atoms with Crippen molar-refractivity contribution in [2.24, 2.45) is 0 Å². The Balaban J connectivity index is 1.87. The van der Waals surface area contributed by atoms with Crippen molar-refractivity contribution < 1.29 is 4.79 Å². The van der Waals surface area contributed by atoms with Crippen molar-refractivity contribution in [3.8, 4) is 11.3 Å². The van der Waals surface area contributed by atoms with E-state index in [1.807, 2.05) is 44.2 Å². The molecule has 3 rings (SSSR count). The van der Waals surface area contributed by atoms with Gasteiger partial charge in [-0.25, -0.2) is 9.67 Å². The van der Waals surface area contributed by atoms with E-state index >= 15 is 0 Å². The lowest BCUT2D eigenvalue weighted by Crippen LogP contribution is -2.33. The molecule has 0 bridgehead atoms. The number of anilines is 1. The molecule has 1 aromatic carbocycles. The Hall–Kier alpha value is -3.28. The fourth-order valence-electron chi connectivity index (χ4n) is 2.53. The first-order valence-corrected chi connectivity index (χ1v) is 8.34. The minimum atomic E-state index is -0.768. The van der Waals surface area contributed by atoms with E-state index in [0.717, 1.165) is 16.7 Å². The minimum Gasteiger partial charge on any atom is -0.309 e. The summed E-state index contributed by atoms with van der Waals surface area (Å²) in [5.74, 6) is 0.100. The highest BCUT2D eigenvalue weighted by molar-refractivity contribution is 5.92. The monoisotopic (exact) mass is 348 g/mol. The van der Waals surface area contributed by atoms with Gasteiger partial charge in [0.2, 0.25) is 5.91 Å². The van der Waals surface area contributed by atoms with E-state index in [0.29, 0.717) is 11.5 Å². The lowest BCUT2D eigenvalue weighted by atomic mass is 10.1. The third-order valence-corrected chi connectivity index (χ3v) is 4.09. The second-order valence-corrected chi connectivity index (χ2v) is 6.25. The van der Waals surface area contributed by atoms with E-state index in [1.54, 1.807) is 25.3 Å². The quantitative estimate of drug-likeness (QED) is 0.786. The standard InChI is InChI=1S/C20H20N4O2/c1-13-4-6-16(7-5-13)17-8-9-19(25)24(23-17)15(3)20(26)22-18-12-14(2)10-11-21-18/h4-12,15H,1-3H3,(H,21,22,26). The number of aryl methyl sites for hydroxylation is 2. The van der Waals surface area contributed by atoms with Gasteiger partial charge < -0.3 is 5.32 Å². The second kappa shape index (κ2) is 7.31. The number of amides is 1. The van der Waals surface area contributed by atoms with Gasteiger partial charge in [-0.3, -0.25) is 9.59 Å². The number of nitrogens with one attached hydrogen (secondary N) is 1. The van der Waals surface area contributed by atoms with Crippen molar-refractivity contribution in [1.82, 2.24) is 14.8 Å². The lowest BCUT2D eigenvalue weighted by Gasteiger charge is -2.15. The van der Waals surface area contributed by atoms with E-state index in [-0.39, 0.29) is 11.5 Å². The average Bonchev–Trinajstić information content (AvgIpc) is 2.62. The molecule has 2 aromatic heterocycles. The zero-order valence-corrected chi connectivity index (χ0v) is 14.9. The summed E-state index contributed by atoms with van der Waals surface area (Å²) >= 11 is 0. The first kappa shape index (κ1) is 17.5. The van der Waals surface area contributed by atoms with Gasteiger partial charge in [-0.2, -0.15) is 5.10 Å². The van der Waals surface area contributed by atoms with Crippen LogP contribution in [-0.4, -0.2) is 20.7 Å². The summed E-state index contributed by atoms with van der Waals surface area (Å²) in [6, 6.07) is 13.8. The number of aromatic nitrogens is 3. The SMILES string of the molecule is Cc1ccc(-c2ccc(=O)n(C(C)C(=O)Nc3cc(C)ccn3)n2)cc1. The highest BCUT2D eigenvalue weighted by Gasteiger charge is 2.18. The smallest absolute Gasteiger partial charge is 0.267 e. The Bertz CT molecular complexity index is 993. The number of pyridine rings is 1. The maximum atomic E-state index is 12.5. The molecule has 6 heteroatoms. The highest BCUT2D eigenvalue weighted by atomic mass is 16.2. The molecular formula is C20H20N4O2. The van der Waals surface area contributed by atoms with Crippen LogP contribution in [0.3, 0.4) is 0 Å². The van der Waals surface area contributed by atoms with Crippen LogP contribution in [0.5, 0.6) is 0 Å². The van der Waals surface area contributed by atoms with E-state index in [4.69, 9.17) is 0 Å². The summed E-state index contributed by atoms with van der Waals surface area (Å²) in [7, 11) is 0. The Morgan fingerprint density at radius 2 is 1.77 bits per heavy atom. The van der Waals surface area contributed by atoms with Gasteiger partial charge in [-0.15, -0.1) is 0 Å². The van der Waals surface area contributed by atoms with Gasteiger partial charge in [0.05, 0.1) is 5.69 Å². The molecule has 1 N–H and O–H groups in total. The molecule has 26 heavy (non-hydrogen) atoms. The first-order valence-electron chi connectivity index (χ1n) is 8.34. The zero-order valence-electron chi connectivity index (χ0n) is 14.9. The molecule has 3 aromatic rings. The number of hydrogen-bond donors (Lipinski definition) is 1. The fraction of sp³-hybridized carbons (Fsp3) is 0.200. The van der Waals surface area contributed by atoms with Crippen molar-refractivity contribution in [3.63, 3.8) is 0 Å². The molecule has 2 heterocycles. The van der Waals surface area contributed by atoms with Gasteiger partial charge in [0, 0.05) is 17.8 Å². The van der Waals surface area contributed by atoms with E-state index in [1.165, 1.54) is 10.7 Å². The van der Waals surface area contributed by atoms with Crippen LogP contribution in [0.1, 0.15) is 24.1 Å². The Kier molecular flexibility index (Phi) is 4.93. The van der Waals surface area contributed by atoms with Crippen LogP contribution in [0.2, 0.25) is 0 Å². The molecule has 0 saturated carbocycles. The number of hydrogen-bond acceptors (Lipinski definition) is 4. The second-order valence-electron chi connectivity index (χ2n) is 6.25. The van der Waals surface area contributed by atoms with Crippen molar-refractivity contribution >= 4 is 11.7 Å². The maximum Gasteiger partial charge on any atom is 0.267 e. The molecule has 0 aliphatic heterocycles. The molecule has 0 radical (unpaired) electrons. The fourth-order valence-corrected chi connectivity index (χ4v) is 2.53. The topological polar surface area (TPSA) is 76.9 Å². The van der Waals surface area contributed by atoms with Crippen LogP contribution >= 0.6 is 0 Å². The highest BCUT2D eigenvalue weighted by Crippen LogP contribution is 2.17. The largest absolute Gasteiger partial charge is 0.309 e. The third kappa shape index (κ3) is 3.85. The van der Waals surface area contributed by atoms with Gasteiger partial charge in [-0.1, -0.05) is 29.8 Å². The number of carbonyl (C=O) groups is 1. The summed E-state index contributed by atoms with van der Waals surface area (Å²) in [6.45, 7) is 5.56. The summed E-state index contributed by atoms with van der Waals surface area (Å²) in [4.78, 5) is 28.8. The lowest BCUT2D eigenvalue weighted by molar-refractivity contribution is -0.119. The molecule has 1 unspecified atom stereocenters. The van der Waals surface area contributed by atoms with Crippen LogP contribution in [0.15, 0.2) is 59.5 Å². The molecule has 6 nitrogen and oxygen atoms in total. The van der Waals surface area contributed by atoms with Crippen molar-refractivity contribution in [2.75, 3.05) is 5.32 Å². The molecule has 0 spiro atoms. The average molecular weight is 348 g/mol. The molecule has 132 valence electrons. The van der Waals surface area contributed by atoms with Crippen LogP contribution in [0, 0.1) is 13.8 Å². The van der Waals surface area contributed by atoms with Crippen LogP contribution in [0.25, 0.3) is 11.3 Å². The van der Waals surface area contributed by atoms with Crippen molar-refractivity contribution in [3.05, 3.63) is 76.2 Å². The predicted molar refractivity (Wildman–Crippen MR) is 101 cm³/mol. The predicted octanol–water partition coefficient (Wildman–Crippen LogP) is 3.12. The van der Waals surface area contributed by atoms with Crippen molar-refractivity contribution in [1.29, 1.82) is 0 Å². The Morgan fingerprint density at radius 1 is 1.04 bits per heavy atom. The van der Waals surface area contributed by atoms with Gasteiger partial charge in [0.15, 0.2) is 0 Å². The summed E-state index contributed by atoms with van der Waals surface area (Å²) < 4.78 is 1.19. The van der Waals surface area contributed by atoms with Crippen LogP contribution in [0.4, 0.5) is 5.82 Å². The van der Waals surface area contributed by atoms with Gasteiger partial charge in [-0.05, 0) is 44.5 Å². The zero-order chi connectivity index (χ0) is 18.7. The van der Waals surface area contributed by atoms with E-state index < -0.39 is 6.04 Å². The minimum absolute atomic E-state index is 0.333. The molecule has 0 fully saturated rings. The number of benzene rings is 1. The number of rotatable bonds is 4. The summed E-state index contributed by atoms with van der Waals surface area (Å²) in [5, 5.41) is 7.10. The molecule has 0 aliphatic rings. The van der Waals surface area contributed by atoms with E-state index in [2.05, 4.69) is 15.4 Å². The molecule has 0 saturated heterocycles. The molecule has 1 amide bonds. The number of carbonyl (C=O) groups excluding carboxylic acids is 1. The van der Waals surface area contributed by atoms with Crippen LogP contribution in [-0.2, 0) is 4.79 Å². The third-order valence-electron chi connectivity index (χ3n) is 4.09. The molecular weight excluding hydrogens is 328 g/mol. The molecule has 1 atom stereocenters. The first-order chi connectivity index (χ1) is 12.4. The summed E-state index contributed by atoms with van der Waals surface area (Å²) in [6.07, 6.45) is 1.62. The Labute approximate surface area is 151 Å². The molecule has 0 aliphatic carbocycles. The Morgan fingerprint density at radius 3 is 2.46 bits per heavy atom. The van der Waals surface area contributed by atoms with Gasteiger partial charge >= 0.3 is 0 Å². The number of nitrogens with zero attached hydrogens (tertiary/aromatic N) is 3. The van der Waals surface area contributed by atoms with Gasteiger partial charge in [0.25, 0.3) is 5.56 Å². The van der Waals surface area contributed by atoms with Crippen LogP contribution < -0.4 is 10.9 Å². The summed E-state index contributed by atoms with van der Waals surface area (Å²) in [5.41, 5.74) is 3.32. The van der Waals surface area contributed by atoms with Gasteiger partial charge in [0.1, 0.15) is 11.9 Å².